The minimum Gasteiger partial charge on any atom is -0.386 e. The van der Waals surface area contributed by atoms with Crippen LogP contribution in [0.3, 0.4) is 0 Å². The summed E-state index contributed by atoms with van der Waals surface area (Å²) >= 11 is 13.1. The predicted molar refractivity (Wildman–Crippen MR) is 259 cm³/mol. The number of likely N-dealkylation sites (tertiary alicyclic amines) is 1. The average molecular weight is 911 g/mol. The van der Waals surface area contributed by atoms with Crippen LogP contribution in [0.4, 0.5) is 10.1 Å². The number of amides is 1. The zero-order valence-corrected chi connectivity index (χ0v) is 36.5. The number of ether oxygens (including phenoxy) is 2. The first-order chi connectivity index (χ1) is 25.5. The van der Waals surface area contributed by atoms with Gasteiger partial charge < -0.3 is 19.9 Å². The lowest BCUT2D eigenvalue weighted by molar-refractivity contribution is -0.123. The molecule has 328 valence electrons. The third-order valence-corrected chi connectivity index (χ3v) is 11.7. The molecule has 7 rings (SSSR count). The Kier molecular flexibility index (Phi) is 21.6. The number of halogens is 3. The second kappa shape index (κ2) is 23.2. The highest BCUT2D eigenvalue weighted by Crippen LogP contribution is 2.63. The SMILES string of the molecule is C.C.C.CC(C)(C)C[C@H]1N([C@H](c2ccccc2)[C@@H](O)c2ccccc2)[C@@H](COCCN2CCOCC2)[C@H](c2cccc(Cl)c2F)[C@@]12C(=O)Nc1cc(Cl)ccc12.S.S.S. The molecule has 3 aliphatic heterocycles. The molecule has 0 aromatic heterocycles. The van der Waals surface area contributed by atoms with E-state index in [1.807, 2.05) is 66.7 Å². The van der Waals surface area contributed by atoms with Crippen molar-refractivity contribution in [1.29, 1.82) is 0 Å². The van der Waals surface area contributed by atoms with Crippen molar-refractivity contribution in [3.8, 4) is 0 Å². The molecule has 4 aromatic rings. The number of hydrogen-bond donors (Lipinski definition) is 2. The lowest BCUT2D eigenvalue weighted by Gasteiger charge is -2.44. The molecular weight excluding hydrogens is 845 g/mol. The summed E-state index contributed by atoms with van der Waals surface area (Å²) in [5.74, 6) is -1.58. The van der Waals surface area contributed by atoms with Crippen molar-refractivity contribution in [2.45, 2.75) is 85.0 Å². The standard InChI is InChI=1S/C43H48Cl2FN3O4.3CH4.3H2S/c1-42(2,3)26-36-43(32-18-17-30(44)25-34(32)47-41(43)51)37(31-15-10-16-33(45)38(31)46)35(27-53-24-21-48-19-22-52-23-20-48)49(36)39(28-11-6-4-7-12-28)40(50)29-13-8-5-9-14-29;;;;;;/h4-18,25,35-37,39-40,50H,19-24,26-27H2,1-3H3,(H,47,51);3*1H4;3*1H2/t35-,36+,37-,39+,40-,43-;;;;;;/m0....../s1. The van der Waals surface area contributed by atoms with Crippen LogP contribution in [-0.4, -0.2) is 79.0 Å². The van der Waals surface area contributed by atoms with Gasteiger partial charge in [-0.2, -0.15) is 40.5 Å². The maximum atomic E-state index is 16.8. The number of benzene rings is 4. The maximum Gasteiger partial charge on any atom is 0.237 e. The first-order valence-electron chi connectivity index (χ1n) is 18.5. The van der Waals surface area contributed by atoms with Gasteiger partial charge in [0.25, 0.3) is 0 Å². The lowest BCUT2D eigenvalue weighted by atomic mass is 9.62. The molecule has 0 unspecified atom stereocenters. The summed E-state index contributed by atoms with van der Waals surface area (Å²) in [6, 6.07) is 28.3. The summed E-state index contributed by atoms with van der Waals surface area (Å²) < 4.78 is 29.0. The molecule has 6 atom stereocenters. The van der Waals surface area contributed by atoms with Crippen molar-refractivity contribution >= 4 is 75.3 Å². The number of carbonyl (C=O) groups excluding carboxylic acids is 1. The molecule has 1 spiro atoms. The molecule has 4 aromatic carbocycles. The second-order valence-corrected chi connectivity index (χ2v) is 16.5. The Labute approximate surface area is 383 Å². The van der Waals surface area contributed by atoms with E-state index in [1.54, 1.807) is 24.3 Å². The highest BCUT2D eigenvalue weighted by atomic mass is 35.5. The molecule has 2 fully saturated rings. The molecule has 0 bridgehead atoms. The van der Waals surface area contributed by atoms with E-state index in [9.17, 15) is 5.11 Å². The van der Waals surface area contributed by atoms with Gasteiger partial charge in [-0.15, -0.1) is 0 Å². The van der Waals surface area contributed by atoms with Crippen molar-refractivity contribution in [3.63, 3.8) is 0 Å². The zero-order valence-electron chi connectivity index (χ0n) is 32.0. The minimum atomic E-state index is -1.32. The molecule has 2 saturated heterocycles. The first kappa shape index (κ1) is 54.7. The van der Waals surface area contributed by atoms with Gasteiger partial charge >= 0.3 is 0 Å². The van der Waals surface area contributed by atoms with Gasteiger partial charge in [0.05, 0.1) is 43.6 Å². The van der Waals surface area contributed by atoms with E-state index < -0.39 is 41.4 Å². The van der Waals surface area contributed by atoms with E-state index in [4.69, 9.17) is 32.7 Å². The summed E-state index contributed by atoms with van der Waals surface area (Å²) in [5, 5.41) is 16.3. The number of nitrogens with one attached hydrogen (secondary N) is 1. The van der Waals surface area contributed by atoms with Crippen molar-refractivity contribution in [2.24, 2.45) is 5.41 Å². The van der Waals surface area contributed by atoms with E-state index in [0.717, 1.165) is 29.8 Å². The maximum absolute atomic E-state index is 16.8. The third kappa shape index (κ3) is 11.0. The van der Waals surface area contributed by atoms with Crippen molar-refractivity contribution < 1.29 is 23.8 Å². The summed E-state index contributed by atoms with van der Waals surface area (Å²) in [6.07, 6.45) is -0.470. The van der Waals surface area contributed by atoms with E-state index in [1.165, 1.54) is 6.07 Å². The monoisotopic (exact) mass is 909 g/mol. The molecule has 1 amide bonds. The summed E-state index contributed by atoms with van der Waals surface area (Å²) in [7, 11) is 0. The highest BCUT2D eigenvalue weighted by molar-refractivity contribution is 7.59. The van der Waals surface area contributed by atoms with Crippen LogP contribution in [-0.2, 0) is 19.7 Å². The fraction of sp³-hybridized carbons (Fsp3) is 0.457. The van der Waals surface area contributed by atoms with Gasteiger partial charge in [-0.05, 0) is 52.3 Å². The molecule has 3 aliphatic rings. The van der Waals surface area contributed by atoms with Crippen molar-refractivity contribution in [2.75, 3.05) is 51.4 Å². The summed E-state index contributed by atoms with van der Waals surface area (Å²) in [4.78, 5) is 19.8. The fourth-order valence-electron chi connectivity index (χ4n) is 8.98. The lowest BCUT2D eigenvalue weighted by Crippen LogP contribution is -2.52. The number of hydrogen-bond acceptors (Lipinski definition) is 6. The topological polar surface area (TPSA) is 74.3 Å². The smallest absolute Gasteiger partial charge is 0.237 e. The zero-order chi connectivity index (χ0) is 37.3. The van der Waals surface area contributed by atoms with E-state index >= 15 is 9.18 Å². The average Bonchev–Trinajstić information content (AvgIpc) is 3.58. The van der Waals surface area contributed by atoms with Crippen LogP contribution in [0, 0.1) is 11.2 Å². The van der Waals surface area contributed by atoms with Crippen molar-refractivity contribution in [3.05, 3.63) is 135 Å². The first-order valence-corrected chi connectivity index (χ1v) is 19.2. The van der Waals surface area contributed by atoms with Crippen LogP contribution < -0.4 is 5.32 Å². The number of rotatable bonds is 11. The van der Waals surface area contributed by atoms with E-state index in [0.29, 0.717) is 49.1 Å². The van der Waals surface area contributed by atoms with Gasteiger partial charge in [-0.3, -0.25) is 14.6 Å². The molecule has 7 nitrogen and oxygen atoms in total. The van der Waals surface area contributed by atoms with Crippen LogP contribution in [0.2, 0.25) is 10.0 Å². The van der Waals surface area contributed by atoms with Crippen LogP contribution >= 0.6 is 63.7 Å². The number of aliphatic hydroxyl groups is 1. The molecule has 2 N–H and O–H groups in total. The van der Waals surface area contributed by atoms with Gasteiger partial charge in [0.2, 0.25) is 5.91 Å². The number of anilines is 1. The normalized spacial score (nSPS) is 22.2. The van der Waals surface area contributed by atoms with Gasteiger partial charge in [0.15, 0.2) is 0 Å². The number of fused-ring (bicyclic) bond motifs is 2. The summed E-state index contributed by atoms with van der Waals surface area (Å²) in [5.41, 5.74) is 1.67. The predicted octanol–water partition coefficient (Wildman–Crippen LogP) is 10.7. The van der Waals surface area contributed by atoms with E-state index in [2.05, 4.69) is 35.9 Å². The minimum absolute atomic E-state index is 0. The van der Waals surface area contributed by atoms with Crippen molar-refractivity contribution in [1.82, 2.24) is 9.80 Å². The van der Waals surface area contributed by atoms with Gasteiger partial charge in [0, 0.05) is 48.3 Å². The van der Waals surface area contributed by atoms with Crippen LogP contribution in [0.15, 0.2) is 97.1 Å². The van der Waals surface area contributed by atoms with E-state index in [-0.39, 0.29) is 85.7 Å². The Hall–Kier alpha value is -2.29. The van der Waals surface area contributed by atoms with Gasteiger partial charge in [-0.1, -0.05) is 145 Å². The number of morpholine rings is 1. The second-order valence-electron chi connectivity index (χ2n) is 15.7. The molecule has 0 radical (unpaired) electrons. The Morgan fingerprint density at radius 3 is 2.12 bits per heavy atom. The number of aliphatic hydroxyl groups excluding tert-OH is 1. The molecular formula is C46H66Cl2FN3O4S3. The third-order valence-electron chi connectivity index (χ3n) is 11.2. The highest BCUT2D eigenvalue weighted by Gasteiger charge is 2.69. The number of carbonyl (C=O) groups is 1. The fourth-order valence-corrected chi connectivity index (χ4v) is 9.34. The molecule has 0 saturated carbocycles. The van der Waals surface area contributed by atoms with Crippen LogP contribution in [0.25, 0.3) is 0 Å². The Morgan fingerprint density at radius 2 is 1.51 bits per heavy atom. The Balaban J connectivity index is 0.00000290. The Morgan fingerprint density at radius 1 is 0.898 bits per heavy atom. The quantitative estimate of drug-likeness (QED) is 0.146. The van der Waals surface area contributed by atoms with Gasteiger partial charge in [-0.25, -0.2) is 4.39 Å². The Bertz CT molecular complexity index is 1910. The molecule has 59 heavy (non-hydrogen) atoms. The van der Waals surface area contributed by atoms with Gasteiger partial charge in [0.1, 0.15) is 11.2 Å². The van der Waals surface area contributed by atoms with Crippen LogP contribution in [0.5, 0.6) is 0 Å². The van der Waals surface area contributed by atoms with Crippen LogP contribution in [0.1, 0.15) is 89.8 Å². The molecule has 13 heteroatoms. The molecule has 3 heterocycles. The molecule has 0 aliphatic carbocycles. The summed E-state index contributed by atoms with van der Waals surface area (Å²) in [6.45, 7) is 10.8. The largest absolute Gasteiger partial charge is 0.386 e. The number of nitrogens with zero attached hydrogens (tertiary/aromatic N) is 2.